The number of halogens is 1. The van der Waals surface area contributed by atoms with E-state index < -0.39 is 21.0 Å². The first-order valence-electron chi connectivity index (χ1n) is 9.70. The first kappa shape index (κ1) is 23.4. The maximum atomic E-state index is 14.6. The van der Waals surface area contributed by atoms with Crippen molar-refractivity contribution in [3.8, 4) is 5.75 Å². The molecule has 0 radical (unpaired) electrons. The molecule has 0 aliphatic heterocycles. The minimum atomic E-state index is -4.51. The van der Waals surface area contributed by atoms with Crippen molar-refractivity contribution in [1.29, 1.82) is 0 Å². The molecular weight excluding hydrogens is 435 g/mol. The fourth-order valence-electron chi connectivity index (χ4n) is 3.36. The number of hydrazone groups is 1. The number of hydrogen-bond acceptors (Lipinski definition) is 5. The third kappa shape index (κ3) is 5.89. The highest BCUT2D eigenvalue weighted by Crippen LogP contribution is 2.34. The average Bonchev–Trinajstić information content (AvgIpc) is 2.72. The second-order valence-electron chi connectivity index (χ2n) is 7.45. The van der Waals surface area contributed by atoms with E-state index in [-0.39, 0.29) is 17.9 Å². The Morgan fingerprint density at radius 3 is 2.75 bits per heavy atom. The zero-order valence-corrected chi connectivity index (χ0v) is 18.3. The lowest BCUT2D eigenvalue weighted by Crippen LogP contribution is -2.27. The molecule has 2 aromatic rings. The lowest BCUT2D eigenvalue weighted by molar-refractivity contribution is -0.120. The molecule has 0 spiro atoms. The van der Waals surface area contributed by atoms with E-state index >= 15 is 0 Å². The molecule has 32 heavy (non-hydrogen) atoms. The number of nitrogens with one attached hydrogen (secondary N) is 1. The van der Waals surface area contributed by atoms with E-state index in [1.165, 1.54) is 20.2 Å². The second kappa shape index (κ2) is 9.46. The lowest BCUT2D eigenvalue weighted by Gasteiger charge is -2.25. The number of rotatable bonds is 7. The van der Waals surface area contributed by atoms with Crippen LogP contribution in [0.15, 0.2) is 71.9 Å². The first-order chi connectivity index (χ1) is 15.1. The summed E-state index contributed by atoms with van der Waals surface area (Å²) in [5.74, 6) is 0.273. The van der Waals surface area contributed by atoms with E-state index in [0.717, 1.165) is 23.8 Å². The molecule has 0 saturated carbocycles. The second-order valence-corrected chi connectivity index (χ2v) is 8.99. The highest BCUT2D eigenvalue weighted by molar-refractivity contribution is 7.87. The Kier molecular flexibility index (Phi) is 6.90. The van der Waals surface area contributed by atoms with Gasteiger partial charge in [0.1, 0.15) is 16.7 Å². The summed E-state index contributed by atoms with van der Waals surface area (Å²) in [6.45, 7) is 1.28. The molecular formula is C23H23FN2O5S. The van der Waals surface area contributed by atoms with Crippen LogP contribution in [0.4, 0.5) is 4.39 Å². The number of methoxy groups -OCH3 is 1. The Morgan fingerprint density at radius 1 is 1.28 bits per heavy atom. The van der Waals surface area contributed by atoms with Gasteiger partial charge in [-0.3, -0.25) is 9.35 Å². The number of benzene rings is 2. The van der Waals surface area contributed by atoms with E-state index in [4.69, 9.17) is 4.74 Å². The smallest absolute Gasteiger partial charge is 0.275 e. The molecule has 9 heteroatoms. The maximum absolute atomic E-state index is 14.6. The van der Waals surface area contributed by atoms with Crippen molar-refractivity contribution in [2.45, 2.75) is 24.3 Å². The van der Waals surface area contributed by atoms with Gasteiger partial charge in [0.05, 0.1) is 19.7 Å². The Bertz CT molecular complexity index is 1200. The van der Waals surface area contributed by atoms with Gasteiger partial charge in [0.25, 0.3) is 10.1 Å². The standard InChI is InChI=1S/C23H23FN2O5S/c1-23(24)11-10-21(32(28,29)30)20(14-23)19-9-4-3-7-17(19)15-25-26-22(27)13-16-6-5-8-18(12-16)31-2/h3-12,14-15,21H,13H2,1-2H3,(H,26,27)(H,28,29,30)/b25-15+. The van der Waals surface area contributed by atoms with E-state index in [1.54, 1.807) is 48.5 Å². The molecule has 1 aliphatic rings. The minimum Gasteiger partial charge on any atom is -0.497 e. The monoisotopic (exact) mass is 458 g/mol. The van der Waals surface area contributed by atoms with Gasteiger partial charge in [-0.1, -0.05) is 42.5 Å². The summed E-state index contributed by atoms with van der Waals surface area (Å²) in [6.07, 6.45) is 4.78. The zero-order valence-electron chi connectivity index (χ0n) is 17.5. The van der Waals surface area contributed by atoms with Crippen molar-refractivity contribution in [3.63, 3.8) is 0 Å². The Balaban J connectivity index is 1.81. The zero-order chi connectivity index (χ0) is 23.4. The molecule has 0 fully saturated rings. The molecule has 3 rings (SSSR count). The Morgan fingerprint density at radius 2 is 2.03 bits per heavy atom. The number of alkyl halides is 1. The fraction of sp³-hybridized carbons (Fsp3) is 0.217. The van der Waals surface area contributed by atoms with Crippen LogP contribution < -0.4 is 10.2 Å². The molecule has 0 saturated heterocycles. The Labute approximate surface area is 186 Å². The largest absolute Gasteiger partial charge is 0.497 e. The summed E-state index contributed by atoms with van der Waals surface area (Å²) in [5, 5.41) is 2.54. The number of carbonyl (C=O) groups is 1. The summed E-state index contributed by atoms with van der Waals surface area (Å²) < 4.78 is 53.0. The van der Waals surface area contributed by atoms with Gasteiger partial charge in [-0.15, -0.1) is 0 Å². The van der Waals surface area contributed by atoms with Gasteiger partial charge >= 0.3 is 0 Å². The van der Waals surface area contributed by atoms with Gasteiger partial charge in [0.15, 0.2) is 0 Å². The normalized spacial score (nSPS) is 20.8. The van der Waals surface area contributed by atoms with Crippen molar-refractivity contribution in [3.05, 3.63) is 83.4 Å². The number of hydrogen-bond donors (Lipinski definition) is 2. The van der Waals surface area contributed by atoms with Crippen molar-refractivity contribution >= 4 is 27.8 Å². The van der Waals surface area contributed by atoms with Crippen LogP contribution >= 0.6 is 0 Å². The van der Waals surface area contributed by atoms with Gasteiger partial charge in [0.2, 0.25) is 5.91 Å². The Hall–Kier alpha value is -3.30. The van der Waals surface area contributed by atoms with Crippen molar-refractivity contribution in [1.82, 2.24) is 5.43 Å². The van der Waals surface area contributed by atoms with Crippen LogP contribution in [0.25, 0.3) is 5.57 Å². The summed E-state index contributed by atoms with van der Waals surface area (Å²) in [4.78, 5) is 12.2. The number of allylic oxidation sites excluding steroid dienone is 2. The molecule has 168 valence electrons. The van der Waals surface area contributed by atoms with E-state index in [2.05, 4.69) is 10.5 Å². The molecule has 1 aliphatic carbocycles. The third-order valence-corrected chi connectivity index (χ3v) is 5.88. The van der Waals surface area contributed by atoms with Crippen LogP contribution in [0.2, 0.25) is 0 Å². The third-order valence-electron chi connectivity index (χ3n) is 4.83. The van der Waals surface area contributed by atoms with Crippen molar-refractivity contribution in [2.24, 2.45) is 5.10 Å². The molecule has 0 bridgehead atoms. The van der Waals surface area contributed by atoms with Crippen LogP contribution in [0.1, 0.15) is 23.6 Å². The summed E-state index contributed by atoms with van der Waals surface area (Å²) in [5.41, 5.74) is 2.18. The predicted molar refractivity (Wildman–Crippen MR) is 121 cm³/mol. The SMILES string of the molecule is COc1cccc(CC(=O)N/N=C/c2ccccc2C2=CC(C)(F)C=CC2S(=O)(=O)O)c1. The molecule has 7 nitrogen and oxygen atoms in total. The average molecular weight is 459 g/mol. The van der Waals surface area contributed by atoms with E-state index in [0.29, 0.717) is 16.9 Å². The summed E-state index contributed by atoms with van der Waals surface area (Å²) >= 11 is 0. The quantitative estimate of drug-likeness (QED) is 0.287. The van der Waals surface area contributed by atoms with Gasteiger partial charge in [-0.25, -0.2) is 9.82 Å². The summed E-state index contributed by atoms with van der Waals surface area (Å²) in [7, 11) is -2.97. The minimum absolute atomic E-state index is 0.0805. The lowest BCUT2D eigenvalue weighted by atomic mass is 9.89. The highest BCUT2D eigenvalue weighted by atomic mass is 32.2. The van der Waals surface area contributed by atoms with Gasteiger partial charge < -0.3 is 4.74 Å². The van der Waals surface area contributed by atoms with E-state index in [1.807, 2.05) is 0 Å². The van der Waals surface area contributed by atoms with Crippen LogP contribution in [0.5, 0.6) is 5.75 Å². The highest BCUT2D eigenvalue weighted by Gasteiger charge is 2.34. The van der Waals surface area contributed by atoms with E-state index in [9.17, 15) is 22.2 Å². The molecule has 2 aromatic carbocycles. The molecule has 0 aromatic heterocycles. The fourth-order valence-corrected chi connectivity index (χ4v) is 4.15. The van der Waals surface area contributed by atoms with Crippen LogP contribution in [0.3, 0.4) is 0 Å². The molecule has 1 amide bonds. The maximum Gasteiger partial charge on any atom is 0.275 e. The molecule has 0 heterocycles. The van der Waals surface area contributed by atoms with Crippen molar-refractivity contribution in [2.75, 3.05) is 7.11 Å². The predicted octanol–water partition coefficient (Wildman–Crippen LogP) is 3.33. The topological polar surface area (TPSA) is 105 Å². The van der Waals surface area contributed by atoms with Crippen LogP contribution in [-0.4, -0.2) is 43.1 Å². The number of nitrogens with zero attached hydrogens (tertiary/aromatic N) is 1. The van der Waals surface area contributed by atoms with Gasteiger partial charge in [-0.2, -0.15) is 13.5 Å². The molecule has 2 unspecified atom stereocenters. The number of carbonyl (C=O) groups excluding carboxylic acids is 1. The molecule has 2 N–H and O–H groups in total. The van der Waals surface area contributed by atoms with Gasteiger partial charge in [-0.05, 0) is 47.9 Å². The number of ether oxygens (including phenoxy) is 1. The number of amides is 1. The summed E-state index contributed by atoms with van der Waals surface area (Å²) in [6, 6.07) is 13.7. The van der Waals surface area contributed by atoms with Crippen molar-refractivity contribution < 1.29 is 26.9 Å². The van der Waals surface area contributed by atoms with Crippen LogP contribution in [-0.2, 0) is 21.3 Å². The van der Waals surface area contributed by atoms with Crippen LogP contribution in [0, 0.1) is 0 Å². The van der Waals surface area contributed by atoms with Gasteiger partial charge in [0, 0.05) is 5.56 Å². The first-order valence-corrected chi connectivity index (χ1v) is 11.2. The molecule has 2 atom stereocenters.